The SMILES string of the molecule is O=C([O-])CCC(F)(F)F.O=C([O-])CCC(F)(F)F.O=C([O-])CCC(F)(F)F.[Al+3]. The zero-order valence-corrected chi connectivity index (χ0v) is 14.8. The van der Waals surface area contributed by atoms with E-state index in [1.807, 2.05) is 0 Å². The number of hydrogen-bond donors (Lipinski definition) is 0. The summed E-state index contributed by atoms with van der Waals surface area (Å²) < 4.78 is 100. The van der Waals surface area contributed by atoms with E-state index in [0.717, 1.165) is 0 Å². The Morgan fingerprint density at radius 3 is 0.679 bits per heavy atom. The molecule has 0 aliphatic rings. The Balaban J connectivity index is -0.000000152. The summed E-state index contributed by atoms with van der Waals surface area (Å²) in [6, 6.07) is 0. The molecular formula is C12H12AlF9O6. The maximum absolute atomic E-state index is 11.1. The standard InChI is InChI=1S/3C4H5F3O2.Al/c3*5-4(6,7)2-1-3(8)9;/h3*1-2H2,(H,8,9);/q;;;+3/p-3. The molecule has 0 aliphatic carbocycles. The molecule has 0 bridgehead atoms. The fourth-order valence-corrected chi connectivity index (χ4v) is 0.731. The molecule has 0 aromatic carbocycles. The number of carbonyl (C=O) groups excluding carboxylic acids is 3. The van der Waals surface area contributed by atoms with Gasteiger partial charge in [-0.2, -0.15) is 39.5 Å². The van der Waals surface area contributed by atoms with E-state index in [4.69, 9.17) is 0 Å². The van der Waals surface area contributed by atoms with Gasteiger partial charge < -0.3 is 29.7 Å². The average molecular weight is 450 g/mol. The Morgan fingerprint density at radius 1 is 0.500 bits per heavy atom. The van der Waals surface area contributed by atoms with E-state index in [-0.39, 0.29) is 17.4 Å². The van der Waals surface area contributed by atoms with Crippen LogP contribution in [0.5, 0.6) is 0 Å². The predicted molar refractivity (Wildman–Crippen MR) is 66.6 cm³/mol. The Labute approximate surface area is 162 Å². The number of hydrogen-bond acceptors (Lipinski definition) is 6. The number of carbonyl (C=O) groups is 3. The molecule has 0 fully saturated rings. The summed E-state index contributed by atoms with van der Waals surface area (Å²) in [5.41, 5.74) is 0. The van der Waals surface area contributed by atoms with Crippen LogP contribution in [-0.2, 0) is 14.4 Å². The van der Waals surface area contributed by atoms with Crippen LogP contribution in [0.1, 0.15) is 38.5 Å². The molecule has 6 nitrogen and oxygen atoms in total. The van der Waals surface area contributed by atoms with Crippen molar-refractivity contribution in [2.24, 2.45) is 0 Å². The van der Waals surface area contributed by atoms with Crippen molar-refractivity contribution in [3.05, 3.63) is 0 Å². The molecule has 0 N–H and O–H groups in total. The Morgan fingerprint density at radius 2 is 0.643 bits per heavy atom. The number of rotatable bonds is 6. The van der Waals surface area contributed by atoms with Crippen molar-refractivity contribution in [2.45, 2.75) is 57.1 Å². The number of aliphatic carboxylic acids is 3. The molecule has 0 rings (SSSR count). The van der Waals surface area contributed by atoms with E-state index >= 15 is 0 Å². The van der Waals surface area contributed by atoms with Gasteiger partial charge in [-0.15, -0.1) is 0 Å². The second-order valence-electron chi connectivity index (χ2n) is 4.46. The summed E-state index contributed by atoms with van der Waals surface area (Å²) in [7, 11) is 0. The van der Waals surface area contributed by atoms with Crippen molar-refractivity contribution in [1.29, 1.82) is 0 Å². The van der Waals surface area contributed by atoms with Crippen molar-refractivity contribution in [3.8, 4) is 0 Å². The molecule has 0 unspecified atom stereocenters. The average Bonchev–Trinajstić information content (AvgIpc) is 2.40. The van der Waals surface area contributed by atoms with Crippen molar-refractivity contribution >= 4 is 35.3 Å². The molecule has 16 heteroatoms. The topological polar surface area (TPSA) is 120 Å². The third kappa shape index (κ3) is 49.7. The van der Waals surface area contributed by atoms with E-state index < -0.39 is 75.0 Å². The minimum atomic E-state index is -4.39. The largest absolute Gasteiger partial charge is 3.00 e. The molecule has 0 spiro atoms. The smallest absolute Gasteiger partial charge is 0.550 e. The van der Waals surface area contributed by atoms with Gasteiger partial charge in [0.2, 0.25) is 0 Å². The zero-order chi connectivity index (χ0) is 22.5. The fraction of sp³-hybridized carbons (Fsp3) is 0.750. The summed E-state index contributed by atoms with van der Waals surface area (Å²) >= 11 is 0. The normalized spacial score (nSPS) is 11.0. The summed E-state index contributed by atoms with van der Waals surface area (Å²) in [6.07, 6.45) is -20.0. The van der Waals surface area contributed by atoms with Crippen molar-refractivity contribution < 1.29 is 69.2 Å². The third-order valence-corrected chi connectivity index (χ3v) is 1.84. The van der Waals surface area contributed by atoms with Crippen molar-refractivity contribution in [1.82, 2.24) is 0 Å². The predicted octanol–water partition coefficient (Wildman–Crippen LogP) is -0.144. The molecule has 0 aliphatic heterocycles. The van der Waals surface area contributed by atoms with Gasteiger partial charge in [-0.3, -0.25) is 0 Å². The van der Waals surface area contributed by atoms with Crippen LogP contribution >= 0.6 is 0 Å². The van der Waals surface area contributed by atoms with Crippen LogP contribution in [0.25, 0.3) is 0 Å². The molecule has 28 heavy (non-hydrogen) atoms. The van der Waals surface area contributed by atoms with Gasteiger partial charge in [-0.05, 0) is 19.3 Å². The van der Waals surface area contributed by atoms with Gasteiger partial charge in [0, 0.05) is 37.2 Å². The summed E-state index contributed by atoms with van der Waals surface area (Å²) in [4.78, 5) is 28.3. The molecular weight excluding hydrogens is 438 g/mol. The van der Waals surface area contributed by atoms with Gasteiger partial charge in [0.05, 0.1) is 0 Å². The van der Waals surface area contributed by atoms with Gasteiger partial charge in [-0.1, -0.05) is 0 Å². The van der Waals surface area contributed by atoms with Crippen LogP contribution in [0.4, 0.5) is 39.5 Å². The third-order valence-electron chi connectivity index (χ3n) is 1.84. The first kappa shape index (κ1) is 33.9. The molecule has 0 heterocycles. The summed E-state index contributed by atoms with van der Waals surface area (Å²) in [5, 5.41) is 28.3. The first-order valence-electron chi connectivity index (χ1n) is 6.55. The maximum atomic E-state index is 11.1. The molecule has 0 radical (unpaired) electrons. The molecule has 0 saturated carbocycles. The second-order valence-corrected chi connectivity index (χ2v) is 4.46. The van der Waals surface area contributed by atoms with Crippen LogP contribution in [0, 0.1) is 0 Å². The number of halogens is 9. The van der Waals surface area contributed by atoms with Gasteiger partial charge in [0.25, 0.3) is 0 Å². The van der Waals surface area contributed by atoms with Gasteiger partial charge in [0.15, 0.2) is 0 Å². The summed E-state index contributed by atoms with van der Waals surface area (Å²) in [5.74, 6) is -5.02. The number of carboxylic acid groups (broad SMARTS) is 3. The maximum Gasteiger partial charge on any atom is 3.00 e. The van der Waals surface area contributed by atoms with Gasteiger partial charge in [-0.25, -0.2) is 0 Å². The van der Waals surface area contributed by atoms with E-state index in [2.05, 4.69) is 0 Å². The monoisotopic (exact) mass is 450 g/mol. The van der Waals surface area contributed by atoms with Crippen LogP contribution in [0.3, 0.4) is 0 Å². The molecule has 162 valence electrons. The fourth-order valence-electron chi connectivity index (χ4n) is 0.731. The van der Waals surface area contributed by atoms with Crippen LogP contribution in [-0.4, -0.2) is 53.8 Å². The minimum Gasteiger partial charge on any atom is -0.550 e. The minimum absolute atomic E-state index is 0. The van der Waals surface area contributed by atoms with E-state index in [1.165, 1.54) is 0 Å². The van der Waals surface area contributed by atoms with Crippen LogP contribution < -0.4 is 15.3 Å². The number of alkyl halides is 9. The molecule has 0 amide bonds. The molecule has 0 aromatic rings. The Hall–Kier alpha value is -1.69. The van der Waals surface area contributed by atoms with E-state index in [1.54, 1.807) is 0 Å². The van der Waals surface area contributed by atoms with Crippen molar-refractivity contribution in [2.75, 3.05) is 0 Å². The van der Waals surface area contributed by atoms with Crippen LogP contribution in [0.15, 0.2) is 0 Å². The molecule has 0 aromatic heterocycles. The zero-order valence-electron chi connectivity index (χ0n) is 13.7. The van der Waals surface area contributed by atoms with Crippen LogP contribution in [0.2, 0.25) is 0 Å². The second kappa shape index (κ2) is 15.3. The molecule has 0 saturated heterocycles. The molecule has 0 atom stereocenters. The van der Waals surface area contributed by atoms with E-state index in [0.29, 0.717) is 0 Å². The van der Waals surface area contributed by atoms with E-state index in [9.17, 15) is 69.2 Å². The van der Waals surface area contributed by atoms with Crippen molar-refractivity contribution in [3.63, 3.8) is 0 Å². The van der Waals surface area contributed by atoms with Gasteiger partial charge >= 0.3 is 35.9 Å². The first-order valence-corrected chi connectivity index (χ1v) is 6.55. The number of carboxylic acids is 3. The Bertz CT molecular complexity index is 393. The quantitative estimate of drug-likeness (QED) is 0.410. The Kier molecular flexibility index (Phi) is 18.5. The van der Waals surface area contributed by atoms with Gasteiger partial charge in [0.1, 0.15) is 0 Å². The summed E-state index contributed by atoms with van der Waals surface area (Å²) in [6.45, 7) is 0. The first-order chi connectivity index (χ1) is 11.7.